The van der Waals surface area contributed by atoms with E-state index in [0.717, 1.165) is 43.5 Å². The Bertz CT molecular complexity index is 1800. The fraction of sp³-hybridized carbons (Fsp3) is 0.278. The minimum Gasteiger partial charge on any atom is -0.507 e. The van der Waals surface area contributed by atoms with Crippen LogP contribution in [-0.2, 0) is 20.8 Å². The van der Waals surface area contributed by atoms with Gasteiger partial charge in [0.25, 0.3) is 0 Å². The molecule has 45 heavy (non-hydrogen) atoms. The first-order valence-electron chi connectivity index (χ1n) is 15.4. The smallest absolute Gasteiger partial charge is 0.455 e. The van der Waals surface area contributed by atoms with Crippen LogP contribution in [0.5, 0.6) is 5.75 Å². The number of phenolic OH excluding ortho intramolecular Hbond substituents is 1. The number of nitrogens with zero attached hydrogens (tertiary/aromatic N) is 1. The van der Waals surface area contributed by atoms with Crippen molar-refractivity contribution >= 4 is 52.7 Å². The number of benzene rings is 3. The number of thiophene rings is 1. The van der Waals surface area contributed by atoms with Crippen LogP contribution in [0.1, 0.15) is 35.3 Å². The van der Waals surface area contributed by atoms with Crippen LogP contribution in [0.3, 0.4) is 0 Å². The Hall–Kier alpha value is -4.02. The third-order valence-corrected chi connectivity index (χ3v) is 10.4. The average molecular weight is 620 g/mol. The number of hydrogen-bond donors (Lipinski definition) is 3. The maximum absolute atomic E-state index is 13.8. The zero-order chi connectivity index (χ0) is 31.1. The SMILES string of the molecule is O=C1[C@@H]2[C@@H](CC(CO)=C3[C@@H](CC/C(=C/c4ccc(O)c5ccccc45)c4ccccc4)OB(O)C[C@@H]32)C(=O)N1Cc1cccs1. The first-order chi connectivity index (χ1) is 21.9. The van der Waals surface area contributed by atoms with Gasteiger partial charge >= 0.3 is 7.12 Å². The largest absolute Gasteiger partial charge is 0.507 e. The molecule has 0 saturated carbocycles. The summed E-state index contributed by atoms with van der Waals surface area (Å²) in [7, 11) is -1.08. The first-order valence-corrected chi connectivity index (χ1v) is 16.3. The summed E-state index contributed by atoms with van der Waals surface area (Å²) in [6.45, 7) is 0.0246. The van der Waals surface area contributed by atoms with Crippen LogP contribution in [-0.4, -0.2) is 51.8 Å². The summed E-state index contributed by atoms with van der Waals surface area (Å²) in [6.07, 6.45) is 3.25. The number of carbonyl (C=O) groups excluding carboxylic acids is 2. The van der Waals surface area contributed by atoms with Crippen LogP contribution in [0.2, 0.25) is 6.32 Å². The highest BCUT2D eigenvalue weighted by atomic mass is 32.1. The van der Waals surface area contributed by atoms with E-state index in [1.54, 1.807) is 6.07 Å². The number of phenols is 1. The highest BCUT2D eigenvalue weighted by molar-refractivity contribution is 7.09. The highest BCUT2D eigenvalue weighted by Gasteiger charge is 2.57. The lowest BCUT2D eigenvalue weighted by Gasteiger charge is -2.43. The topological polar surface area (TPSA) is 107 Å². The van der Waals surface area contributed by atoms with Gasteiger partial charge in [0.05, 0.1) is 31.1 Å². The molecule has 3 heterocycles. The number of fused-ring (bicyclic) bond motifs is 4. The molecule has 0 bridgehead atoms. The van der Waals surface area contributed by atoms with Crippen molar-refractivity contribution in [1.29, 1.82) is 0 Å². The molecule has 7 rings (SSSR count). The summed E-state index contributed by atoms with van der Waals surface area (Å²) in [4.78, 5) is 29.6. The number of aliphatic hydroxyl groups excluding tert-OH is 1. The van der Waals surface area contributed by atoms with E-state index in [1.807, 2.05) is 66.0 Å². The van der Waals surface area contributed by atoms with E-state index in [-0.39, 0.29) is 43.0 Å². The van der Waals surface area contributed by atoms with Crippen LogP contribution in [0.15, 0.2) is 95.4 Å². The van der Waals surface area contributed by atoms with Gasteiger partial charge in [0.15, 0.2) is 0 Å². The summed E-state index contributed by atoms with van der Waals surface area (Å²) >= 11 is 1.51. The number of aliphatic hydroxyl groups is 1. The van der Waals surface area contributed by atoms with Crippen molar-refractivity contribution in [3.63, 3.8) is 0 Å². The normalized spacial score (nSPS) is 23.6. The Kier molecular flexibility index (Phi) is 8.18. The number of likely N-dealkylation sites (tertiary alicyclic amines) is 1. The van der Waals surface area contributed by atoms with E-state index >= 15 is 0 Å². The minimum absolute atomic E-state index is 0.198. The van der Waals surface area contributed by atoms with Crippen molar-refractivity contribution in [3.05, 3.63) is 111 Å². The number of hydrogen-bond acceptors (Lipinski definition) is 7. The summed E-state index contributed by atoms with van der Waals surface area (Å²) < 4.78 is 6.15. The van der Waals surface area contributed by atoms with Gasteiger partial charge in [0.1, 0.15) is 5.75 Å². The first kappa shape index (κ1) is 29.7. The van der Waals surface area contributed by atoms with Crippen molar-refractivity contribution in [2.24, 2.45) is 17.8 Å². The number of amides is 2. The van der Waals surface area contributed by atoms with Crippen molar-refractivity contribution < 1.29 is 29.5 Å². The predicted molar refractivity (Wildman–Crippen MR) is 176 cm³/mol. The molecule has 3 N–H and O–H groups in total. The van der Waals surface area contributed by atoms with Crippen molar-refractivity contribution in [1.82, 2.24) is 4.90 Å². The minimum atomic E-state index is -1.08. The van der Waals surface area contributed by atoms with E-state index in [1.165, 1.54) is 16.2 Å². The Labute approximate surface area is 266 Å². The zero-order valence-corrected chi connectivity index (χ0v) is 25.5. The molecular formula is C36H34BNO6S. The van der Waals surface area contributed by atoms with Gasteiger partial charge in [-0.2, -0.15) is 0 Å². The molecule has 3 aromatic carbocycles. The standard InChI is InChI=1S/C36H34BNO6S/c39-21-25-18-29-34(36(42)38(35(29)41)20-26-9-6-16-45-26)30-19-37(43)44-32(33(25)30)15-13-23(22-7-2-1-3-8-22)17-24-12-14-31(40)28-11-5-4-10-27(24)28/h1-12,14,16-17,29-30,32,34,39-40,43H,13,15,18-21H2/b23-17-/t29-,30+,32-,34-/m1/s1. The fourth-order valence-electron chi connectivity index (χ4n) is 7.55. The molecule has 2 aliphatic heterocycles. The van der Waals surface area contributed by atoms with E-state index in [9.17, 15) is 24.8 Å². The monoisotopic (exact) mass is 619 g/mol. The molecule has 0 radical (unpaired) electrons. The number of carbonyl (C=O) groups is 2. The predicted octanol–water partition coefficient (Wildman–Crippen LogP) is 5.92. The van der Waals surface area contributed by atoms with Crippen molar-refractivity contribution in [2.45, 2.75) is 38.2 Å². The molecule has 7 nitrogen and oxygen atoms in total. The lowest BCUT2D eigenvalue weighted by Crippen LogP contribution is -2.46. The average Bonchev–Trinajstić information content (AvgIpc) is 3.66. The van der Waals surface area contributed by atoms with Crippen molar-refractivity contribution in [3.8, 4) is 5.75 Å². The third kappa shape index (κ3) is 5.55. The number of rotatable bonds is 8. The number of allylic oxidation sites excluding steroid dienone is 1. The summed E-state index contributed by atoms with van der Waals surface area (Å²) in [5.41, 5.74) is 4.68. The molecular weight excluding hydrogens is 585 g/mol. The Morgan fingerprint density at radius 3 is 2.49 bits per heavy atom. The summed E-state index contributed by atoms with van der Waals surface area (Å²) in [6, 6.07) is 25.3. The molecule has 0 unspecified atom stereocenters. The van der Waals surface area contributed by atoms with Gasteiger partial charge in [-0.15, -0.1) is 11.3 Å². The Morgan fingerprint density at radius 2 is 1.73 bits per heavy atom. The Morgan fingerprint density at radius 1 is 0.956 bits per heavy atom. The maximum Gasteiger partial charge on any atom is 0.455 e. The summed E-state index contributed by atoms with van der Waals surface area (Å²) in [5.74, 6) is -1.66. The third-order valence-electron chi connectivity index (χ3n) is 9.57. The molecule has 2 amide bonds. The highest BCUT2D eigenvalue weighted by Crippen LogP contribution is 2.51. The molecule has 9 heteroatoms. The molecule has 1 aromatic heterocycles. The molecule has 4 aromatic rings. The molecule has 3 aliphatic rings. The molecule has 2 saturated heterocycles. The van der Waals surface area contributed by atoms with Crippen LogP contribution in [0, 0.1) is 17.8 Å². The Balaban J connectivity index is 1.21. The number of aromatic hydroxyl groups is 1. The van der Waals surface area contributed by atoms with E-state index in [4.69, 9.17) is 4.65 Å². The van der Waals surface area contributed by atoms with Crippen LogP contribution in [0.25, 0.3) is 22.4 Å². The molecule has 4 atom stereocenters. The van der Waals surface area contributed by atoms with Gasteiger partial charge in [-0.1, -0.05) is 72.8 Å². The van der Waals surface area contributed by atoms with E-state index < -0.39 is 25.1 Å². The fourth-order valence-corrected chi connectivity index (χ4v) is 8.24. The second kappa shape index (κ2) is 12.4. The zero-order valence-electron chi connectivity index (χ0n) is 24.7. The van der Waals surface area contributed by atoms with Crippen LogP contribution >= 0.6 is 11.3 Å². The second-order valence-electron chi connectivity index (χ2n) is 12.1. The van der Waals surface area contributed by atoms with Crippen LogP contribution in [0.4, 0.5) is 0 Å². The number of imide groups is 1. The van der Waals surface area contributed by atoms with Gasteiger partial charge in [-0.25, -0.2) is 0 Å². The van der Waals surface area contributed by atoms with Crippen LogP contribution < -0.4 is 0 Å². The second-order valence-corrected chi connectivity index (χ2v) is 13.1. The van der Waals surface area contributed by atoms with Gasteiger partial charge in [0, 0.05) is 10.3 Å². The van der Waals surface area contributed by atoms with E-state index in [0.29, 0.717) is 19.3 Å². The molecule has 2 fully saturated rings. The quantitative estimate of drug-likeness (QED) is 0.0979. The molecule has 0 spiro atoms. The van der Waals surface area contributed by atoms with Gasteiger partial charge < -0.3 is 19.9 Å². The van der Waals surface area contributed by atoms with Gasteiger partial charge in [-0.3, -0.25) is 14.5 Å². The van der Waals surface area contributed by atoms with Gasteiger partial charge in [-0.05, 0) is 82.2 Å². The maximum atomic E-state index is 13.8. The molecule has 1 aliphatic carbocycles. The van der Waals surface area contributed by atoms with Crippen molar-refractivity contribution in [2.75, 3.05) is 6.61 Å². The lowest BCUT2D eigenvalue weighted by molar-refractivity contribution is -0.140. The van der Waals surface area contributed by atoms with Gasteiger partial charge in [0.2, 0.25) is 11.8 Å². The van der Waals surface area contributed by atoms with E-state index in [2.05, 4.69) is 18.2 Å². The molecule has 228 valence electrons. The lowest BCUT2D eigenvalue weighted by atomic mass is 9.58. The summed E-state index contributed by atoms with van der Waals surface area (Å²) in [5, 5.41) is 35.5.